The number of aromatic nitrogens is 2. The molecule has 1 heterocycles. The summed E-state index contributed by atoms with van der Waals surface area (Å²) in [5.74, 6) is 0.932. The maximum Gasteiger partial charge on any atom is 0.233 e. The van der Waals surface area contributed by atoms with Crippen LogP contribution in [0.25, 0.3) is 0 Å². The molecule has 98 valence electrons. The Morgan fingerprint density at radius 1 is 1.11 bits per heavy atom. The van der Waals surface area contributed by atoms with Crippen LogP contribution < -0.4 is 9.47 Å². The summed E-state index contributed by atoms with van der Waals surface area (Å²) < 4.78 is 10.2. The zero-order valence-electron chi connectivity index (χ0n) is 10.8. The molecule has 0 spiro atoms. The molecule has 1 aromatic carbocycles. The van der Waals surface area contributed by atoms with Crippen LogP contribution in [0.4, 0.5) is 0 Å². The molecular formula is C14H14N2O3. The molecule has 0 N–H and O–H groups in total. The maximum atomic E-state index is 12.1. The highest BCUT2D eigenvalue weighted by Gasteiger charge is 2.11. The van der Waals surface area contributed by atoms with E-state index in [9.17, 15) is 4.79 Å². The van der Waals surface area contributed by atoms with Crippen LogP contribution in [0.15, 0.2) is 36.4 Å². The number of ether oxygens (including phenoxy) is 2. The lowest BCUT2D eigenvalue weighted by Crippen LogP contribution is -2.05. The molecule has 0 unspecified atom stereocenters. The van der Waals surface area contributed by atoms with Crippen LogP contribution in [0.5, 0.6) is 11.6 Å². The summed E-state index contributed by atoms with van der Waals surface area (Å²) in [7, 11) is 1.50. The predicted molar refractivity (Wildman–Crippen MR) is 69.6 cm³/mol. The Hall–Kier alpha value is -2.43. The van der Waals surface area contributed by atoms with E-state index in [-0.39, 0.29) is 11.5 Å². The highest BCUT2D eigenvalue weighted by atomic mass is 16.5. The fourth-order valence-corrected chi connectivity index (χ4v) is 1.57. The molecule has 0 aliphatic heterocycles. The Morgan fingerprint density at radius 2 is 1.84 bits per heavy atom. The molecule has 0 fully saturated rings. The zero-order chi connectivity index (χ0) is 13.7. The van der Waals surface area contributed by atoms with Crippen molar-refractivity contribution in [1.82, 2.24) is 10.2 Å². The smallest absolute Gasteiger partial charge is 0.233 e. The van der Waals surface area contributed by atoms with Gasteiger partial charge in [-0.05, 0) is 37.3 Å². The lowest BCUT2D eigenvalue weighted by Gasteiger charge is -2.04. The average Bonchev–Trinajstić information content (AvgIpc) is 2.48. The summed E-state index contributed by atoms with van der Waals surface area (Å²) in [5, 5.41) is 7.60. The number of nitrogens with zero attached hydrogens (tertiary/aromatic N) is 2. The quantitative estimate of drug-likeness (QED) is 0.769. The van der Waals surface area contributed by atoms with Gasteiger partial charge in [-0.2, -0.15) is 0 Å². The van der Waals surface area contributed by atoms with Crippen molar-refractivity contribution in [1.29, 1.82) is 0 Å². The topological polar surface area (TPSA) is 61.3 Å². The molecule has 0 radical (unpaired) electrons. The van der Waals surface area contributed by atoms with Crippen molar-refractivity contribution in [3.8, 4) is 11.6 Å². The Kier molecular flexibility index (Phi) is 4.07. The van der Waals surface area contributed by atoms with Gasteiger partial charge in [-0.25, -0.2) is 0 Å². The van der Waals surface area contributed by atoms with Gasteiger partial charge in [-0.3, -0.25) is 4.79 Å². The first-order valence-electron chi connectivity index (χ1n) is 5.90. The second-order valence-corrected chi connectivity index (χ2v) is 3.75. The molecule has 0 saturated heterocycles. The van der Waals surface area contributed by atoms with Gasteiger partial charge in [-0.1, -0.05) is 0 Å². The fraction of sp³-hybridized carbons (Fsp3) is 0.214. The van der Waals surface area contributed by atoms with Crippen molar-refractivity contribution in [3.63, 3.8) is 0 Å². The summed E-state index contributed by atoms with van der Waals surface area (Å²) in [6.07, 6.45) is 0. The van der Waals surface area contributed by atoms with Crippen molar-refractivity contribution in [3.05, 3.63) is 47.7 Å². The molecule has 0 atom stereocenters. The first-order valence-corrected chi connectivity index (χ1v) is 5.90. The van der Waals surface area contributed by atoms with Gasteiger partial charge in [0.15, 0.2) is 0 Å². The Morgan fingerprint density at radius 3 is 2.37 bits per heavy atom. The molecule has 0 amide bonds. The molecule has 2 aromatic rings. The second kappa shape index (κ2) is 5.95. The van der Waals surface area contributed by atoms with Crippen molar-refractivity contribution >= 4 is 5.78 Å². The number of carbonyl (C=O) groups excluding carboxylic acids is 1. The van der Waals surface area contributed by atoms with E-state index in [0.717, 1.165) is 5.75 Å². The van der Waals surface area contributed by atoms with Crippen LogP contribution in [-0.2, 0) is 0 Å². The molecule has 19 heavy (non-hydrogen) atoms. The third kappa shape index (κ3) is 3.07. The third-order valence-corrected chi connectivity index (χ3v) is 2.51. The van der Waals surface area contributed by atoms with Crippen molar-refractivity contribution in [2.45, 2.75) is 6.92 Å². The van der Waals surface area contributed by atoms with E-state index in [2.05, 4.69) is 10.2 Å². The molecule has 5 nitrogen and oxygen atoms in total. The number of ketones is 1. The number of rotatable bonds is 5. The van der Waals surface area contributed by atoms with Gasteiger partial charge in [0.25, 0.3) is 0 Å². The molecular weight excluding hydrogens is 244 g/mol. The van der Waals surface area contributed by atoms with Crippen molar-refractivity contribution in [2.24, 2.45) is 0 Å². The molecule has 5 heteroatoms. The van der Waals surface area contributed by atoms with Crippen molar-refractivity contribution < 1.29 is 14.3 Å². The van der Waals surface area contributed by atoms with E-state index >= 15 is 0 Å². The fourth-order valence-electron chi connectivity index (χ4n) is 1.57. The number of methoxy groups -OCH3 is 1. The summed E-state index contributed by atoms with van der Waals surface area (Å²) in [6, 6.07) is 10.1. The molecule has 0 aliphatic carbocycles. The van der Waals surface area contributed by atoms with Crippen LogP contribution in [-0.4, -0.2) is 29.7 Å². The number of benzene rings is 1. The van der Waals surface area contributed by atoms with E-state index in [0.29, 0.717) is 18.1 Å². The second-order valence-electron chi connectivity index (χ2n) is 3.75. The molecule has 0 saturated carbocycles. The van der Waals surface area contributed by atoms with E-state index in [1.807, 2.05) is 6.92 Å². The summed E-state index contributed by atoms with van der Waals surface area (Å²) in [6.45, 7) is 2.50. The van der Waals surface area contributed by atoms with Gasteiger partial charge < -0.3 is 9.47 Å². The molecule has 0 aliphatic rings. The predicted octanol–water partition coefficient (Wildman–Crippen LogP) is 2.11. The number of hydrogen-bond donors (Lipinski definition) is 0. The molecule has 0 bridgehead atoms. The van der Waals surface area contributed by atoms with E-state index in [1.54, 1.807) is 36.4 Å². The first kappa shape index (κ1) is 13.0. The SMILES string of the molecule is CCOc1ccc(C(=O)c2ccc(OC)nn2)cc1. The number of hydrogen-bond acceptors (Lipinski definition) is 5. The standard InChI is InChI=1S/C14H14N2O3/c1-3-19-11-6-4-10(5-7-11)14(17)12-8-9-13(18-2)16-15-12/h4-9H,3H2,1-2H3. The van der Waals surface area contributed by atoms with Gasteiger partial charge in [0.1, 0.15) is 11.4 Å². The lowest BCUT2D eigenvalue weighted by atomic mass is 10.1. The summed E-state index contributed by atoms with van der Waals surface area (Å²) >= 11 is 0. The van der Waals surface area contributed by atoms with Crippen LogP contribution in [0.1, 0.15) is 23.0 Å². The molecule has 2 rings (SSSR count). The van der Waals surface area contributed by atoms with E-state index in [4.69, 9.17) is 9.47 Å². The minimum Gasteiger partial charge on any atom is -0.494 e. The van der Waals surface area contributed by atoms with Crippen molar-refractivity contribution in [2.75, 3.05) is 13.7 Å². The summed E-state index contributed by atoms with van der Waals surface area (Å²) in [5.41, 5.74) is 0.827. The van der Waals surface area contributed by atoms with Gasteiger partial charge in [-0.15, -0.1) is 10.2 Å². The zero-order valence-corrected chi connectivity index (χ0v) is 10.8. The highest BCUT2D eigenvalue weighted by Crippen LogP contribution is 2.15. The van der Waals surface area contributed by atoms with E-state index in [1.165, 1.54) is 7.11 Å². The van der Waals surface area contributed by atoms with Gasteiger partial charge in [0.05, 0.1) is 13.7 Å². The lowest BCUT2D eigenvalue weighted by molar-refractivity contribution is 0.103. The van der Waals surface area contributed by atoms with Crippen LogP contribution in [0, 0.1) is 0 Å². The summed E-state index contributed by atoms with van der Waals surface area (Å²) in [4.78, 5) is 12.1. The van der Waals surface area contributed by atoms with E-state index < -0.39 is 0 Å². The van der Waals surface area contributed by atoms with Crippen LogP contribution in [0.2, 0.25) is 0 Å². The van der Waals surface area contributed by atoms with Crippen LogP contribution >= 0.6 is 0 Å². The monoisotopic (exact) mass is 258 g/mol. The van der Waals surface area contributed by atoms with Gasteiger partial charge in [0.2, 0.25) is 11.7 Å². The minimum absolute atomic E-state index is 0.182. The average molecular weight is 258 g/mol. The molecule has 1 aromatic heterocycles. The Balaban J connectivity index is 2.18. The van der Waals surface area contributed by atoms with Gasteiger partial charge >= 0.3 is 0 Å². The number of carbonyl (C=O) groups is 1. The minimum atomic E-state index is -0.182. The maximum absolute atomic E-state index is 12.1. The first-order chi connectivity index (χ1) is 9.24. The third-order valence-electron chi connectivity index (χ3n) is 2.51. The Labute approximate surface area is 111 Å². The van der Waals surface area contributed by atoms with Gasteiger partial charge in [0, 0.05) is 11.6 Å². The Bertz CT molecular complexity index is 550. The van der Waals surface area contributed by atoms with Crippen LogP contribution in [0.3, 0.4) is 0 Å². The normalized spacial score (nSPS) is 10.0. The largest absolute Gasteiger partial charge is 0.494 e. The highest BCUT2D eigenvalue weighted by molar-refractivity contribution is 6.07.